The van der Waals surface area contributed by atoms with Crippen molar-refractivity contribution in [3.05, 3.63) is 0 Å². The van der Waals surface area contributed by atoms with Crippen LogP contribution in [-0.4, -0.2) is 23.6 Å². The zero-order valence-electron chi connectivity index (χ0n) is 8.34. The highest BCUT2D eigenvalue weighted by atomic mass is 16.2. The summed E-state index contributed by atoms with van der Waals surface area (Å²) in [5.74, 6) is -1.41. The fourth-order valence-electron chi connectivity index (χ4n) is 0.541. The predicted octanol–water partition coefficient (Wildman–Crippen LogP) is 0.0230. The third-order valence-electron chi connectivity index (χ3n) is 1.01. The second-order valence-electron chi connectivity index (χ2n) is 3.13. The van der Waals surface area contributed by atoms with Gasteiger partial charge in [0, 0.05) is 11.8 Å². The van der Waals surface area contributed by atoms with Gasteiger partial charge in [-0.25, -0.2) is 5.43 Å². The van der Waals surface area contributed by atoms with E-state index in [9.17, 15) is 9.59 Å². The van der Waals surface area contributed by atoms with Crippen molar-refractivity contribution in [3.8, 4) is 0 Å². The van der Waals surface area contributed by atoms with Crippen LogP contribution in [-0.2, 0) is 9.59 Å². The van der Waals surface area contributed by atoms with Gasteiger partial charge in [-0.1, -0.05) is 0 Å². The van der Waals surface area contributed by atoms with E-state index in [0.717, 1.165) is 0 Å². The molecule has 5 heteroatoms. The van der Waals surface area contributed by atoms with E-state index in [4.69, 9.17) is 0 Å². The summed E-state index contributed by atoms with van der Waals surface area (Å²) in [4.78, 5) is 21.9. The molecule has 0 aromatic rings. The van der Waals surface area contributed by atoms with Crippen LogP contribution in [0.1, 0.15) is 27.7 Å². The number of hydrazone groups is 1. The van der Waals surface area contributed by atoms with Crippen LogP contribution in [0.5, 0.6) is 0 Å². The number of amides is 2. The third-order valence-corrected chi connectivity index (χ3v) is 1.01. The van der Waals surface area contributed by atoms with Crippen molar-refractivity contribution >= 4 is 17.5 Å². The standard InChI is InChI=1S/C8H15N3O2/c1-5(2)9-7(12)8(13)11-10-6(3)4/h5H,1-4H3,(H,9,12)(H,11,13). The fraction of sp³-hybridized carbons (Fsp3) is 0.625. The summed E-state index contributed by atoms with van der Waals surface area (Å²) in [5.41, 5.74) is 2.81. The minimum atomic E-state index is -0.741. The molecule has 0 unspecified atom stereocenters. The summed E-state index contributed by atoms with van der Waals surface area (Å²) >= 11 is 0. The summed E-state index contributed by atoms with van der Waals surface area (Å²) in [6, 6.07) is -0.0510. The Balaban J connectivity index is 3.98. The Kier molecular flexibility index (Phi) is 4.72. The minimum Gasteiger partial charge on any atom is -0.346 e. The van der Waals surface area contributed by atoms with Crippen molar-refractivity contribution in [1.82, 2.24) is 10.7 Å². The van der Waals surface area contributed by atoms with Crippen LogP contribution in [0.25, 0.3) is 0 Å². The third kappa shape index (κ3) is 5.84. The monoisotopic (exact) mass is 185 g/mol. The lowest BCUT2D eigenvalue weighted by atomic mass is 10.4. The molecule has 0 aliphatic heterocycles. The molecular formula is C8H15N3O2. The van der Waals surface area contributed by atoms with E-state index in [1.807, 2.05) is 0 Å². The smallest absolute Gasteiger partial charge is 0.329 e. The zero-order valence-corrected chi connectivity index (χ0v) is 8.34. The van der Waals surface area contributed by atoms with Crippen LogP contribution in [0, 0.1) is 0 Å². The van der Waals surface area contributed by atoms with E-state index in [2.05, 4.69) is 15.8 Å². The molecule has 0 bridgehead atoms. The largest absolute Gasteiger partial charge is 0.346 e. The first kappa shape index (κ1) is 11.6. The summed E-state index contributed by atoms with van der Waals surface area (Å²) in [7, 11) is 0. The van der Waals surface area contributed by atoms with Crippen LogP contribution in [0.4, 0.5) is 0 Å². The van der Waals surface area contributed by atoms with Gasteiger partial charge in [0.25, 0.3) is 0 Å². The van der Waals surface area contributed by atoms with Gasteiger partial charge >= 0.3 is 11.8 Å². The average Bonchev–Trinajstić information content (AvgIpc) is 1.98. The van der Waals surface area contributed by atoms with Crippen molar-refractivity contribution in [3.63, 3.8) is 0 Å². The topological polar surface area (TPSA) is 70.6 Å². The van der Waals surface area contributed by atoms with Crippen molar-refractivity contribution < 1.29 is 9.59 Å². The summed E-state index contributed by atoms with van der Waals surface area (Å²) in [5, 5.41) is 6.06. The molecule has 0 aliphatic carbocycles. The van der Waals surface area contributed by atoms with Gasteiger partial charge in [0.05, 0.1) is 0 Å². The normalized spacial score (nSPS) is 9.31. The summed E-state index contributed by atoms with van der Waals surface area (Å²) in [6.07, 6.45) is 0. The first-order valence-electron chi connectivity index (χ1n) is 4.05. The Labute approximate surface area is 77.6 Å². The summed E-state index contributed by atoms with van der Waals surface area (Å²) in [6.45, 7) is 7.00. The minimum absolute atomic E-state index is 0.0510. The maximum Gasteiger partial charge on any atom is 0.329 e. The lowest BCUT2D eigenvalue weighted by Gasteiger charge is -2.06. The van der Waals surface area contributed by atoms with Crippen LogP contribution >= 0.6 is 0 Å². The molecule has 13 heavy (non-hydrogen) atoms. The SMILES string of the molecule is CC(C)=NNC(=O)C(=O)NC(C)C. The molecule has 0 aromatic carbocycles. The van der Waals surface area contributed by atoms with E-state index in [1.165, 1.54) is 0 Å². The van der Waals surface area contributed by atoms with E-state index >= 15 is 0 Å². The first-order chi connectivity index (χ1) is 5.93. The maximum absolute atomic E-state index is 11.0. The van der Waals surface area contributed by atoms with E-state index in [1.54, 1.807) is 27.7 Å². The molecule has 0 spiro atoms. The van der Waals surface area contributed by atoms with Crippen molar-refractivity contribution in [2.24, 2.45) is 5.10 Å². The number of nitrogens with one attached hydrogen (secondary N) is 2. The second kappa shape index (κ2) is 5.29. The molecule has 2 amide bonds. The molecule has 0 fully saturated rings. The highest BCUT2D eigenvalue weighted by Crippen LogP contribution is 1.78. The lowest BCUT2D eigenvalue weighted by Crippen LogP contribution is -2.41. The molecule has 0 aliphatic rings. The highest BCUT2D eigenvalue weighted by molar-refractivity contribution is 6.35. The van der Waals surface area contributed by atoms with Crippen molar-refractivity contribution in [1.29, 1.82) is 0 Å². The van der Waals surface area contributed by atoms with Crippen molar-refractivity contribution in [2.45, 2.75) is 33.7 Å². The molecule has 0 radical (unpaired) electrons. The Hall–Kier alpha value is -1.39. The van der Waals surface area contributed by atoms with Crippen molar-refractivity contribution in [2.75, 3.05) is 0 Å². The molecule has 5 nitrogen and oxygen atoms in total. The quantitative estimate of drug-likeness (QED) is 0.362. The number of nitrogens with zero attached hydrogens (tertiary/aromatic N) is 1. The molecule has 0 atom stereocenters. The van der Waals surface area contributed by atoms with Crippen LogP contribution < -0.4 is 10.7 Å². The van der Waals surface area contributed by atoms with E-state index < -0.39 is 11.8 Å². The zero-order chi connectivity index (χ0) is 10.4. The number of hydrogen-bond donors (Lipinski definition) is 2. The first-order valence-corrected chi connectivity index (χ1v) is 4.05. The van der Waals surface area contributed by atoms with Gasteiger partial charge in [0.15, 0.2) is 0 Å². The van der Waals surface area contributed by atoms with E-state index in [-0.39, 0.29) is 6.04 Å². The average molecular weight is 185 g/mol. The molecule has 0 saturated heterocycles. The number of rotatable bonds is 2. The van der Waals surface area contributed by atoms with Crippen LogP contribution in [0.3, 0.4) is 0 Å². The molecular weight excluding hydrogens is 170 g/mol. The number of carbonyl (C=O) groups excluding carboxylic acids is 2. The Morgan fingerprint density at radius 1 is 1.15 bits per heavy atom. The fourth-order valence-corrected chi connectivity index (χ4v) is 0.541. The van der Waals surface area contributed by atoms with E-state index in [0.29, 0.717) is 5.71 Å². The van der Waals surface area contributed by atoms with Crippen LogP contribution in [0.15, 0.2) is 5.10 Å². The van der Waals surface area contributed by atoms with Gasteiger partial charge < -0.3 is 5.32 Å². The Bertz CT molecular complexity index is 230. The lowest BCUT2D eigenvalue weighted by molar-refractivity contribution is -0.139. The van der Waals surface area contributed by atoms with Gasteiger partial charge in [-0.3, -0.25) is 9.59 Å². The Morgan fingerprint density at radius 3 is 2.08 bits per heavy atom. The molecule has 74 valence electrons. The molecule has 0 aromatic heterocycles. The number of carbonyl (C=O) groups is 2. The van der Waals surface area contributed by atoms with Gasteiger partial charge in [-0.15, -0.1) is 0 Å². The molecule has 0 rings (SSSR count). The van der Waals surface area contributed by atoms with Gasteiger partial charge in [-0.2, -0.15) is 5.10 Å². The Morgan fingerprint density at radius 2 is 1.69 bits per heavy atom. The molecule has 0 heterocycles. The summed E-state index contributed by atoms with van der Waals surface area (Å²) < 4.78 is 0. The molecule has 0 saturated carbocycles. The predicted molar refractivity (Wildman–Crippen MR) is 50.2 cm³/mol. The van der Waals surface area contributed by atoms with Crippen LogP contribution in [0.2, 0.25) is 0 Å². The maximum atomic E-state index is 11.0. The van der Waals surface area contributed by atoms with Gasteiger partial charge in [0.2, 0.25) is 0 Å². The van der Waals surface area contributed by atoms with Gasteiger partial charge in [-0.05, 0) is 27.7 Å². The number of hydrogen-bond acceptors (Lipinski definition) is 3. The highest BCUT2D eigenvalue weighted by Gasteiger charge is 2.12. The van der Waals surface area contributed by atoms with Gasteiger partial charge in [0.1, 0.15) is 0 Å². The second-order valence-corrected chi connectivity index (χ2v) is 3.13. The molecule has 2 N–H and O–H groups in total.